The maximum atomic E-state index is 4.13. The number of hydrogen-bond donors (Lipinski definition) is 2. The second-order valence-electron chi connectivity index (χ2n) is 13.8. The molecule has 1 aliphatic heterocycles. The fourth-order valence-electron chi connectivity index (χ4n) is 6.18. The minimum atomic E-state index is 0.0564. The van der Waals surface area contributed by atoms with Crippen LogP contribution in [0.2, 0.25) is 0 Å². The Morgan fingerprint density at radius 1 is 0.838 bits per heavy atom. The summed E-state index contributed by atoms with van der Waals surface area (Å²) in [5.74, 6) is 0.721. The van der Waals surface area contributed by atoms with Crippen LogP contribution in [0.3, 0.4) is 0 Å². The topological polar surface area (TPSA) is 24.1 Å². The average molecular weight is 493 g/mol. The molecule has 2 N–H and O–H groups in total. The Morgan fingerprint density at radius 2 is 1.51 bits per heavy atom. The van der Waals surface area contributed by atoms with Crippen LogP contribution in [0.5, 0.6) is 0 Å². The molecule has 0 saturated heterocycles. The Balaban J connectivity index is 1.49. The Kier molecular flexibility index (Phi) is 5.93. The number of nitrogens with one attached hydrogen (secondary N) is 2. The SMILES string of the molecule is CC(C)(C)c1cc(C(C)(C)C)c(C2CC2)cc1NC(C1=CNc2ccccc2C1=C1CCC1)=C1CCC1. The fraction of sp³-hybridized carbons (Fsp3) is 0.486. The highest BCUT2D eigenvalue weighted by Crippen LogP contribution is 2.50. The van der Waals surface area contributed by atoms with E-state index in [0.717, 1.165) is 5.92 Å². The zero-order valence-electron chi connectivity index (χ0n) is 23.8. The lowest BCUT2D eigenvalue weighted by Crippen LogP contribution is -2.23. The summed E-state index contributed by atoms with van der Waals surface area (Å²) in [6.07, 6.45) is 12.4. The van der Waals surface area contributed by atoms with Gasteiger partial charge in [0.2, 0.25) is 0 Å². The summed E-state index contributed by atoms with van der Waals surface area (Å²) < 4.78 is 0. The van der Waals surface area contributed by atoms with Crippen molar-refractivity contribution < 1.29 is 0 Å². The number of anilines is 2. The minimum Gasteiger partial charge on any atom is -0.360 e. The summed E-state index contributed by atoms with van der Waals surface area (Å²) in [6, 6.07) is 13.9. The predicted octanol–water partition coefficient (Wildman–Crippen LogP) is 9.96. The highest BCUT2D eigenvalue weighted by molar-refractivity contribution is 5.95. The standard InChI is InChI=1S/C35H44N2/c1-34(2,3)28-20-29(35(4,5)6)31(19-26(28)22-17-18-22)37-33(24-13-10-14-24)27-21-36-30-16-8-7-15-25(30)32(27)23-11-9-12-23/h7-8,15-16,19-22,36-37H,9-14,17-18H2,1-6H3. The molecule has 0 unspecified atom stereocenters. The molecule has 37 heavy (non-hydrogen) atoms. The van der Waals surface area contributed by atoms with E-state index in [1.165, 1.54) is 96.3 Å². The fourth-order valence-corrected chi connectivity index (χ4v) is 6.18. The van der Waals surface area contributed by atoms with Crippen molar-refractivity contribution in [2.75, 3.05) is 10.6 Å². The summed E-state index contributed by atoms with van der Waals surface area (Å²) >= 11 is 0. The van der Waals surface area contributed by atoms with Crippen molar-refractivity contribution >= 4 is 16.9 Å². The molecule has 194 valence electrons. The highest BCUT2D eigenvalue weighted by atomic mass is 14.9. The second kappa shape index (κ2) is 8.93. The van der Waals surface area contributed by atoms with E-state index < -0.39 is 0 Å². The summed E-state index contributed by atoms with van der Waals surface area (Å²) in [7, 11) is 0. The molecule has 4 aliphatic rings. The lowest BCUT2D eigenvalue weighted by Gasteiger charge is -2.35. The van der Waals surface area contributed by atoms with Gasteiger partial charge in [-0.3, -0.25) is 0 Å². The molecule has 1 heterocycles. The van der Waals surface area contributed by atoms with Crippen LogP contribution in [0.4, 0.5) is 11.4 Å². The Labute approximate surface area is 224 Å². The first-order chi connectivity index (χ1) is 17.6. The summed E-state index contributed by atoms with van der Waals surface area (Å²) in [5.41, 5.74) is 16.1. The van der Waals surface area contributed by atoms with E-state index in [1.807, 2.05) is 0 Å². The Bertz CT molecular complexity index is 1320. The van der Waals surface area contributed by atoms with Gasteiger partial charge in [0.15, 0.2) is 0 Å². The minimum absolute atomic E-state index is 0.0564. The number of fused-ring (bicyclic) bond motifs is 1. The van der Waals surface area contributed by atoms with Crippen molar-refractivity contribution in [3.63, 3.8) is 0 Å². The maximum absolute atomic E-state index is 4.13. The molecule has 3 saturated carbocycles. The number of hydrogen-bond acceptors (Lipinski definition) is 2. The molecule has 2 heteroatoms. The number of rotatable bonds is 4. The third-order valence-corrected chi connectivity index (χ3v) is 8.81. The van der Waals surface area contributed by atoms with E-state index in [9.17, 15) is 0 Å². The number of benzene rings is 2. The van der Waals surface area contributed by atoms with Crippen molar-refractivity contribution in [3.05, 3.63) is 87.3 Å². The van der Waals surface area contributed by atoms with Gasteiger partial charge in [-0.15, -0.1) is 0 Å². The lowest BCUT2D eigenvalue weighted by atomic mass is 9.76. The van der Waals surface area contributed by atoms with Crippen molar-refractivity contribution in [1.29, 1.82) is 0 Å². The van der Waals surface area contributed by atoms with Gasteiger partial charge in [0.05, 0.1) is 0 Å². The first-order valence-corrected chi connectivity index (χ1v) is 14.6. The number of para-hydroxylation sites is 1. The molecule has 0 radical (unpaired) electrons. The molecule has 2 nitrogen and oxygen atoms in total. The molecule has 0 aromatic heterocycles. The molecule has 0 bridgehead atoms. The Morgan fingerprint density at radius 3 is 2.08 bits per heavy atom. The zero-order chi connectivity index (χ0) is 25.9. The van der Waals surface area contributed by atoms with Gasteiger partial charge in [-0.05, 0) is 108 Å². The summed E-state index contributed by atoms with van der Waals surface area (Å²) in [6.45, 7) is 14.2. The van der Waals surface area contributed by atoms with Crippen molar-refractivity contribution in [3.8, 4) is 0 Å². The van der Waals surface area contributed by atoms with Crippen LogP contribution < -0.4 is 10.6 Å². The van der Waals surface area contributed by atoms with Crippen LogP contribution in [0, 0.1) is 0 Å². The van der Waals surface area contributed by atoms with Gasteiger partial charge in [-0.1, -0.05) is 71.4 Å². The van der Waals surface area contributed by atoms with E-state index in [4.69, 9.17) is 0 Å². The van der Waals surface area contributed by atoms with Crippen molar-refractivity contribution in [2.45, 2.75) is 110 Å². The third kappa shape index (κ3) is 4.58. The molecule has 3 fully saturated rings. The molecule has 2 aromatic carbocycles. The van der Waals surface area contributed by atoms with Crippen LogP contribution in [0.25, 0.3) is 5.57 Å². The molecule has 3 aliphatic carbocycles. The quantitative estimate of drug-likeness (QED) is 0.444. The molecule has 2 aromatic rings. The van der Waals surface area contributed by atoms with Gasteiger partial charge in [0.25, 0.3) is 0 Å². The van der Waals surface area contributed by atoms with Crippen LogP contribution in [-0.2, 0) is 10.8 Å². The molecular formula is C35H44N2. The highest BCUT2D eigenvalue weighted by Gasteiger charge is 2.34. The van der Waals surface area contributed by atoms with Crippen molar-refractivity contribution in [2.24, 2.45) is 0 Å². The first-order valence-electron chi connectivity index (χ1n) is 14.6. The maximum Gasteiger partial charge on any atom is 0.0470 e. The molecule has 0 amide bonds. The van der Waals surface area contributed by atoms with Crippen LogP contribution in [0.15, 0.2) is 65.0 Å². The van der Waals surface area contributed by atoms with E-state index in [-0.39, 0.29) is 10.8 Å². The van der Waals surface area contributed by atoms with Crippen LogP contribution >= 0.6 is 0 Å². The van der Waals surface area contributed by atoms with Gasteiger partial charge in [-0.2, -0.15) is 0 Å². The largest absolute Gasteiger partial charge is 0.360 e. The molecule has 0 atom stereocenters. The van der Waals surface area contributed by atoms with E-state index in [2.05, 4.69) is 94.8 Å². The van der Waals surface area contributed by atoms with Crippen LogP contribution in [0.1, 0.15) is 121 Å². The molecule has 6 rings (SSSR count). The van der Waals surface area contributed by atoms with Gasteiger partial charge in [0.1, 0.15) is 0 Å². The average Bonchev–Trinajstić information content (AvgIpc) is 3.60. The smallest absolute Gasteiger partial charge is 0.0470 e. The van der Waals surface area contributed by atoms with E-state index in [1.54, 1.807) is 16.7 Å². The first kappa shape index (κ1) is 24.6. The second-order valence-corrected chi connectivity index (χ2v) is 13.8. The van der Waals surface area contributed by atoms with Crippen molar-refractivity contribution in [1.82, 2.24) is 0 Å². The van der Waals surface area contributed by atoms with Gasteiger partial charge < -0.3 is 10.6 Å². The summed E-state index contributed by atoms with van der Waals surface area (Å²) in [4.78, 5) is 0. The molecular weight excluding hydrogens is 448 g/mol. The van der Waals surface area contributed by atoms with Gasteiger partial charge in [0, 0.05) is 34.4 Å². The van der Waals surface area contributed by atoms with Gasteiger partial charge >= 0.3 is 0 Å². The monoisotopic (exact) mass is 492 g/mol. The van der Waals surface area contributed by atoms with Gasteiger partial charge in [-0.25, -0.2) is 0 Å². The van der Waals surface area contributed by atoms with Crippen LogP contribution in [-0.4, -0.2) is 0 Å². The predicted molar refractivity (Wildman–Crippen MR) is 159 cm³/mol. The molecule has 0 spiro atoms. The van der Waals surface area contributed by atoms with E-state index >= 15 is 0 Å². The lowest BCUT2D eigenvalue weighted by molar-refractivity contribution is 0.564. The summed E-state index contributed by atoms with van der Waals surface area (Å²) in [5, 5.41) is 7.79. The normalized spacial score (nSPS) is 19.4. The number of allylic oxidation sites excluding steroid dienone is 3. The third-order valence-electron chi connectivity index (χ3n) is 8.81. The van der Waals surface area contributed by atoms with E-state index in [0.29, 0.717) is 0 Å². The Hall–Kier alpha value is -2.74. The zero-order valence-corrected chi connectivity index (χ0v) is 23.8.